The van der Waals surface area contributed by atoms with Crippen molar-refractivity contribution in [2.75, 3.05) is 6.61 Å². The molecule has 7 nitrogen and oxygen atoms in total. The Hall–Kier alpha value is -3.53. The molecule has 1 aromatic heterocycles. The third kappa shape index (κ3) is 3.14. The number of hydrogen-bond donors (Lipinski definition) is 2. The number of aromatic nitrogens is 1. The average Bonchev–Trinajstić information content (AvgIpc) is 2.62. The number of aryl methyl sites for hydroxylation is 2. The maximum atomic E-state index is 12.9. The normalized spacial score (nSPS) is 16.8. The monoisotopic (exact) mass is 379 g/mol. The number of rotatable bonds is 3. The minimum Gasteiger partial charge on any atom is -0.463 e. The summed E-state index contributed by atoms with van der Waals surface area (Å²) < 4.78 is 10.5. The number of nitrogens with zero attached hydrogens (tertiary/aromatic N) is 1. The minimum atomic E-state index is -0.965. The zero-order chi connectivity index (χ0) is 20.6. The summed E-state index contributed by atoms with van der Waals surface area (Å²) >= 11 is 0. The zero-order valence-electron chi connectivity index (χ0n) is 16.2. The first kappa shape index (κ1) is 19.2. The van der Waals surface area contributed by atoms with E-state index in [1.807, 2.05) is 32.0 Å². The topological polar surface area (TPSA) is 118 Å². The Balaban J connectivity index is 2.30. The van der Waals surface area contributed by atoms with Gasteiger partial charge in [0.2, 0.25) is 5.88 Å². The number of allylic oxidation sites excluding steroid dienone is 2. The number of fused-ring (bicyclic) bond motifs is 1. The Kier molecular flexibility index (Phi) is 4.97. The van der Waals surface area contributed by atoms with Crippen molar-refractivity contribution < 1.29 is 14.3 Å². The molecule has 3 rings (SSSR count). The van der Waals surface area contributed by atoms with Gasteiger partial charge in [-0.15, -0.1) is 0 Å². The van der Waals surface area contributed by atoms with Crippen molar-refractivity contribution in [1.29, 1.82) is 5.26 Å². The molecular weight excluding hydrogens is 358 g/mol. The molecule has 0 fully saturated rings. The fourth-order valence-electron chi connectivity index (χ4n) is 3.37. The van der Waals surface area contributed by atoms with Gasteiger partial charge < -0.3 is 20.2 Å². The SMILES string of the molecule is CCOC(=O)C1=C(C)OC(N)=C(C#N)[C@H]1c1cc2cc(C)c(C)cc2[nH]c1=O. The van der Waals surface area contributed by atoms with Crippen LogP contribution in [-0.2, 0) is 14.3 Å². The van der Waals surface area contributed by atoms with E-state index in [1.54, 1.807) is 19.9 Å². The summed E-state index contributed by atoms with van der Waals surface area (Å²) in [7, 11) is 0. The summed E-state index contributed by atoms with van der Waals surface area (Å²) in [6, 6.07) is 7.51. The van der Waals surface area contributed by atoms with Gasteiger partial charge in [-0.25, -0.2) is 4.79 Å². The lowest BCUT2D eigenvalue weighted by atomic mass is 9.83. The van der Waals surface area contributed by atoms with Crippen molar-refractivity contribution in [3.8, 4) is 6.07 Å². The number of benzene rings is 1. The second-order valence-electron chi connectivity index (χ2n) is 6.69. The highest BCUT2D eigenvalue weighted by Gasteiger charge is 2.37. The van der Waals surface area contributed by atoms with E-state index >= 15 is 0 Å². The Morgan fingerprint density at radius 1 is 1.29 bits per heavy atom. The lowest BCUT2D eigenvalue weighted by Gasteiger charge is -2.26. The summed E-state index contributed by atoms with van der Waals surface area (Å²) in [5.41, 5.74) is 8.61. The molecule has 2 aromatic rings. The van der Waals surface area contributed by atoms with Crippen molar-refractivity contribution in [2.24, 2.45) is 5.73 Å². The molecule has 0 saturated carbocycles. The molecule has 0 bridgehead atoms. The van der Waals surface area contributed by atoms with Gasteiger partial charge in [0.1, 0.15) is 17.4 Å². The molecule has 1 atom stereocenters. The second-order valence-corrected chi connectivity index (χ2v) is 6.69. The van der Waals surface area contributed by atoms with Gasteiger partial charge in [0.25, 0.3) is 5.56 Å². The summed E-state index contributed by atoms with van der Waals surface area (Å²) in [5, 5.41) is 10.4. The Bertz CT molecular complexity index is 1150. The third-order valence-electron chi connectivity index (χ3n) is 4.90. The number of carbonyl (C=O) groups is 1. The largest absolute Gasteiger partial charge is 0.463 e. The summed E-state index contributed by atoms with van der Waals surface area (Å²) in [6.07, 6.45) is 0. The van der Waals surface area contributed by atoms with Gasteiger partial charge in [0.05, 0.1) is 18.1 Å². The van der Waals surface area contributed by atoms with E-state index in [-0.39, 0.29) is 35.0 Å². The van der Waals surface area contributed by atoms with E-state index in [1.165, 1.54) is 0 Å². The molecule has 1 aromatic carbocycles. The smallest absolute Gasteiger partial charge is 0.338 e. The van der Waals surface area contributed by atoms with E-state index in [0.29, 0.717) is 5.52 Å². The molecule has 7 heteroatoms. The molecule has 0 saturated heterocycles. The molecule has 0 spiro atoms. The van der Waals surface area contributed by atoms with Crippen molar-refractivity contribution >= 4 is 16.9 Å². The fourth-order valence-corrected chi connectivity index (χ4v) is 3.37. The highest BCUT2D eigenvalue weighted by molar-refractivity contribution is 5.93. The van der Waals surface area contributed by atoms with E-state index in [0.717, 1.165) is 16.5 Å². The number of esters is 1. The fraction of sp³-hybridized carbons (Fsp3) is 0.286. The Morgan fingerprint density at radius 3 is 2.61 bits per heavy atom. The second kappa shape index (κ2) is 7.24. The minimum absolute atomic E-state index is 0.00216. The Morgan fingerprint density at radius 2 is 1.96 bits per heavy atom. The van der Waals surface area contributed by atoms with Gasteiger partial charge >= 0.3 is 5.97 Å². The number of ether oxygens (including phenoxy) is 2. The average molecular weight is 379 g/mol. The predicted molar refractivity (Wildman–Crippen MR) is 104 cm³/mol. The standard InChI is InChI=1S/C21H21N3O4/c1-5-27-21(26)17-12(4)28-19(23)15(9-22)18(17)14-8-13-6-10(2)11(3)7-16(13)24-20(14)25/h6-8,18H,5,23H2,1-4H3,(H,24,25)/t18-/m1/s1. The molecule has 0 aliphatic carbocycles. The maximum Gasteiger partial charge on any atom is 0.338 e. The van der Waals surface area contributed by atoms with Crippen molar-refractivity contribution in [3.05, 3.63) is 68.0 Å². The van der Waals surface area contributed by atoms with Crippen molar-refractivity contribution in [2.45, 2.75) is 33.6 Å². The van der Waals surface area contributed by atoms with Gasteiger partial charge in [0.15, 0.2) is 0 Å². The van der Waals surface area contributed by atoms with Gasteiger partial charge in [-0.2, -0.15) is 5.26 Å². The molecule has 3 N–H and O–H groups in total. The molecule has 0 unspecified atom stereocenters. The highest BCUT2D eigenvalue weighted by atomic mass is 16.5. The predicted octanol–water partition coefficient (Wildman–Crippen LogP) is 2.79. The first-order valence-electron chi connectivity index (χ1n) is 8.88. The molecule has 2 heterocycles. The van der Waals surface area contributed by atoms with Crippen LogP contribution in [0.15, 0.2) is 45.8 Å². The van der Waals surface area contributed by atoms with E-state index in [9.17, 15) is 14.9 Å². The Labute approximate surface area is 162 Å². The van der Waals surface area contributed by atoms with Crippen LogP contribution in [0.4, 0.5) is 0 Å². The third-order valence-corrected chi connectivity index (χ3v) is 4.90. The van der Waals surface area contributed by atoms with Crippen LogP contribution in [0.2, 0.25) is 0 Å². The van der Waals surface area contributed by atoms with Crippen LogP contribution in [0.1, 0.15) is 36.5 Å². The van der Waals surface area contributed by atoms with Crippen LogP contribution in [-0.4, -0.2) is 17.6 Å². The number of pyridine rings is 1. The van der Waals surface area contributed by atoms with Crippen LogP contribution in [0.5, 0.6) is 0 Å². The quantitative estimate of drug-likeness (QED) is 0.792. The van der Waals surface area contributed by atoms with Crippen molar-refractivity contribution in [1.82, 2.24) is 4.98 Å². The number of hydrogen-bond acceptors (Lipinski definition) is 6. The van der Waals surface area contributed by atoms with E-state index in [4.69, 9.17) is 15.2 Å². The van der Waals surface area contributed by atoms with Crippen LogP contribution >= 0.6 is 0 Å². The lowest BCUT2D eigenvalue weighted by Crippen LogP contribution is -2.29. The van der Waals surface area contributed by atoms with Crippen LogP contribution < -0.4 is 11.3 Å². The molecular formula is C21H21N3O4. The molecule has 0 radical (unpaired) electrons. The van der Waals surface area contributed by atoms with Crippen LogP contribution in [0.3, 0.4) is 0 Å². The molecule has 0 amide bonds. The molecule has 144 valence electrons. The van der Waals surface area contributed by atoms with Gasteiger partial charge in [-0.3, -0.25) is 4.79 Å². The van der Waals surface area contributed by atoms with Crippen LogP contribution in [0, 0.1) is 25.2 Å². The number of nitrogens with one attached hydrogen (secondary N) is 1. The maximum absolute atomic E-state index is 12.9. The number of carbonyl (C=O) groups excluding carboxylic acids is 1. The van der Waals surface area contributed by atoms with Gasteiger partial charge in [-0.1, -0.05) is 0 Å². The summed E-state index contributed by atoms with van der Waals surface area (Å²) in [6.45, 7) is 7.32. The van der Waals surface area contributed by atoms with E-state index in [2.05, 4.69) is 4.98 Å². The molecule has 1 aliphatic rings. The van der Waals surface area contributed by atoms with Gasteiger partial charge in [-0.05, 0) is 62.4 Å². The molecule has 1 aliphatic heterocycles. The highest BCUT2D eigenvalue weighted by Crippen LogP contribution is 2.38. The van der Waals surface area contributed by atoms with Gasteiger partial charge in [0, 0.05) is 11.1 Å². The van der Waals surface area contributed by atoms with Crippen LogP contribution in [0.25, 0.3) is 10.9 Å². The van der Waals surface area contributed by atoms with E-state index < -0.39 is 17.4 Å². The van der Waals surface area contributed by atoms with Crippen molar-refractivity contribution in [3.63, 3.8) is 0 Å². The summed E-state index contributed by atoms with van der Waals surface area (Å²) in [5.74, 6) is -1.53. The number of nitrogens with two attached hydrogens (primary N) is 1. The first-order valence-corrected chi connectivity index (χ1v) is 8.88. The molecule has 28 heavy (non-hydrogen) atoms. The number of aromatic amines is 1. The lowest BCUT2D eigenvalue weighted by molar-refractivity contribution is -0.139. The number of H-pyrrole nitrogens is 1. The summed E-state index contributed by atoms with van der Waals surface area (Å²) in [4.78, 5) is 28.3. The number of nitriles is 1. The zero-order valence-corrected chi connectivity index (χ0v) is 16.2. The first-order chi connectivity index (χ1) is 13.3.